The van der Waals surface area contributed by atoms with Crippen molar-refractivity contribution in [2.24, 2.45) is 0 Å². The number of halogens is 2. The summed E-state index contributed by atoms with van der Waals surface area (Å²) in [5.41, 5.74) is -0.406. The van der Waals surface area contributed by atoms with Crippen LogP contribution < -0.4 is 0 Å². The van der Waals surface area contributed by atoms with Gasteiger partial charge in [-0.1, -0.05) is 12.1 Å². The third kappa shape index (κ3) is 3.96. The van der Waals surface area contributed by atoms with Gasteiger partial charge in [0.25, 0.3) is 11.6 Å². The molecule has 2 aromatic rings. The van der Waals surface area contributed by atoms with Gasteiger partial charge < -0.3 is 4.90 Å². The van der Waals surface area contributed by atoms with Crippen molar-refractivity contribution in [2.75, 3.05) is 26.2 Å². The third-order valence-corrected chi connectivity index (χ3v) is 6.75. The van der Waals surface area contributed by atoms with Crippen molar-refractivity contribution >= 4 is 21.6 Å². The fourth-order valence-corrected chi connectivity index (χ4v) is 4.76. The van der Waals surface area contributed by atoms with Crippen LogP contribution in [0.25, 0.3) is 0 Å². The summed E-state index contributed by atoms with van der Waals surface area (Å²) in [7, 11) is -4.02. The minimum absolute atomic E-state index is 0.0258. The van der Waals surface area contributed by atoms with Gasteiger partial charge in [-0.25, -0.2) is 17.2 Å². The molecule has 11 heteroatoms. The molecule has 1 saturated heterocycles. The monoisotopic (exact) mass is 425 g/mol. The van der Waals surface area contributed by atoms with E-state index in [1.165, 1.54) is 30.0 Å². The van der Waals surface area contributed by atoms with Crippen molar-refractivity contribution in [1.29, 1.82) is 0 Å². The average Bonchev–Trinajstić information content (AvgIpc) is 2.69. The third-order valence-electron chi connectivity index (χ3n) is 4.71. The second-order valence-electron chi connectivity index (χ2n) is 6.50. The number of hydrogen-bond acceptors (Lipinski definition) is 5. The van der Waals surface area contributed by atoms with Gasteiger partial charge in [-0.2, -0.15) is 4.31 Å². The zero-order valence-electron chi connectivity index (χ0n) is 15.3. The van der Waals surface area contributed by atoms with E-state index in [4.69, 9.17) is 0 Å². The van der Waals surface area contributed by atoms with E-state index in [9.17, 15) is 32.1 Å². The second kappa shape index (κ2) is 7.84. The number of piperazine rings is 1. The Morgan fingerprint density at radius 3 is 2.38 bits per heavy atom. The summed E-state index contributed by atoms with van der Waals surface area (Å²) in [5.74, 6) is -3.12. The summed E-state index contributed by atoms with van der Waals surface area (Å²) in [6.07, 6.45) is 0. The lowest BCUT2D eigenvalue weighted by atomic mass is 10.1. The molecule has 29 heavy (non-hydrogen) atoms. The highest BCUT2D eigenvalue weighted by Gasteiger charge is 2.33. The van der Waals surface area contributed by atoms with Crippen molar-refractivity contribution < 1.29 is 26.9 Å². The largest absolute Gasteiger partial charge is 0.336 e. The molecule has 0 saturated carbocycles. The fourth-order valence-electron chi connectivity index (χ4n) is 3.09. The molecule has 0 aliphatic carbocycles. The number of carbonyl (C=O) groups excluding carboxylic acids is 1. The van der Waals surface area contributed by atoms with Crippen molar-refractivity contribution in [3.05, 3.63) is 69.3 Å². The Balaban J connectivity index is 1.78. The number of carbonyl (C=O) groups is 1. The highest BCUT2D eigenvalue weighted by Crippen LogP contribution is 2.26. The molecule has 8 nitrogen and oxygen atoms in total. The van der Waals surface area contributed by atoms with Crippen LogP contribution in [0.5, 0.6) is 0 Å². The maximum atomic E-state index is 13.9. The molecule has 0 bridgehead atoms. The van der Waals surface area contributed by atoms with Crippen molar-refractivity contribution in [1.82, 2.24) is 9.21 Å². The minimum Gasteiger partial charge on any atom is -0.336 e. The van der Waals surface area contributed by atoms with Gasteiger partial charge in [0.15, 0.2) is 11.6 Å². The summed E-state index contributed by atoms with van der Waals surface area (Å²) < 4.78 is 54.2. The standard InChI is InChI=1S/C18H17F2N3O5S/c1-12-5-6-13(23(25)26)11-16(12)29(27,28)22-9-7-21(8-10-22)18(24)14-3-2-4-15(19)17(14)20/h2-6,11H,7-10H2,1H3. The first-order chi connectivity index (χ1) is 13.6. The van der Waals surface area contributed by atoms with Crippen LogP contribution in [-0.2, 0) is 10.0 Å². The maximum Gasteiger partial charge on any atom is 0.270 e. The van der Waals surface area contributed by atoms with Crippen LogP contribution in [0.3, 0.4) is 0 Å². The van der Waals surface area contributed by atoms with Crippen molar-refractivity contribution in [2.45, 2.75) is 11.8 Å². The molecule has 0 spiro atoms. The highest BCUT2D eigenvalue weighted by atomic mass is 32.2. The van der Waals surface area contributed by atoms with Gasteiger partial charge in [0.05, 0.1) is 15.4 Å². The number of sulfonamides is 1. The number of non-ortho nitro benzene ring substituents is 1. The molecule has 2 aromatic carbocycles. The molecule has 154 valence electrons. The van der Waals surface area contributed by atoms with Crippen LogP contribution >= 0.6 is 0 Å². The first-order valence-electron chi connectivity index (χ1n) is 8.61. The van der Waals surface area contributed by atoms with E-state index in [2.05, 4.69) is 0 Å². The van der Waals surface area contributed by atoms with Crippen molar-refractivity contribution in [3.63, 3.8) is 0 Å². The smallest absolute Gasteiger partial charge is 0.270 e. The Bertz CT molecular complexity index is 1080. The zero-order chi connectivity index (χ0) is 21.3. The molecule has 0 atom stereocenters. The van der Waals surface area contributed by atoms with Gasteiger partial charge in [-0.05, 0) is 24.6 Å². The molecule has 1 amide bonds. The topological polar surface area (TPSA) is 101 Å². The lowest BCUT2D eigenvalue weighted by Crippen LogP contribution is -2.50. The number of nitro benzene ring substituents is 1. The van der Waals surface area contributed by atoms with Crippen LogP contribution in [0.15, 0.2) is 41.3 Å². The lowest BCUT2D eigenvalue weighted by molar-refractivity contribution is -0.385. The maximum absolute atomic E-state index is 13.9. The number of nitrogens with zero attached hydrogens (tertiary/aromatic N) is 3. The SMILES string of the molecule is Cc1ccc([N+](=O)[O-])cc1S(=O)(=O)N1CCN(C(=O)c2cccc(F)c2F)CC1. The number of nitro groups is 1. The van der Waals surface area contributed by atoms with Crippen LogP contribution in [0.2, 0.25) is 0 Å². The first kappa shape index (κ1) is 20.8. The number of amides is 1. The molecular weight excluding hydrogens is 408 g/mol. The Labute approximate surface area is 165 Å². The van der Waals surface area contributed by atoms with E-state index in [1.807, 2.05) is 0 Å². The summed E-state index contributed by atoms with van der Waals surface area (Å²) in [5, 5.41) is 11.0. The molecule has 1 aliphatic heterocycles. The molecule has 0 radical (unpaired) electrons. The minimum atomic E-state index is -4.02. The van der Waals surface area contributed by atoms with E-state index in [0.29, 0.717) is 5.56 Å². The molecule has 1 fully saturated rings. The normalized spacial score (nSPS) is 15.3. The Morgan fingerprint density at radius 1 is 1.10 bits per heavy atom. The quantitative estimate of drug-likeness (QED) is 0.553. The molecule has 0 aromatic heterocycles. The van der Waals surface area contributed by atoms with Crippen LogP contribution in [0.1, 0.15) is 15.9 Å². The van der Waals surface area contributed by atoms with Gasteiger partial charge in [0.1, 0.15) is 0 Å². The van der Waals surface area contributed by atoms with E-state index in [1.54, 1.807) is 0 Å². The molecule has 0 N–H and O–H groups in total. The zero-order valence-corrected chi connectivity index (χ0v) is 16.2. The van der Waals surface area contributed by atoms with Gasteiger partial charge in [-0.15, -0.1) is 0 Å². The number of hydrogen-bond donors (Lipinski definition) is 0. The predicted octanol–water partition coefficient (Wildman–Crippen LogP) is 2.33. The first-order valence-corrected chi connectivity index (χ1v) is 10.1. The van der Waals surface area contributed by atoms with Crippen molar-refractivity contribution in [3.8, 4) is 0 Å². The summed E-state index contributed by atoms with van der Waals surface area (Å²) in [4.78, 5) is 23.8. The van der Waals surface area contributed by atoms with Crippen LogP contribution in [0, 0.1) is 28.7 Å². The average molecular weight is 425 g/mol. The molecule has 1 heterocycles. The van der Waals surface area contributed by atoms with Crippen LogP contribution in [0.4, 0.5) is 14.5 Å². The number of aryl methyl sites for hydroxylation is 1. The second-order valence-corrected chi connectivity index (χ2v) is 8.41. The van der Waals surface area contributed by atoms with E-state index < -0.39 is 38.1 Å². The summed E-state index contributed by atoms with van der Waals surface area (Å²) >= 11 is 0. The Hall–Kier alpha value is -2.92. The van der Waals surface area contributed by atoms with E-state index in [-0.39, 0.29) is 36.8 Å². The van der Waals surface area contributed by atoms with Gasteiger partial charge >= 0.3 is 0 Å². The summed E-state index contributed by atoms with van der Waals surface area (Å²) in [6, 6.07) is 6.87. The Kier molecular flexibility index (Phi) is 5.62. The van der Waals surface area contributed by atoms with E-state index >= 15 is 0 Å². The highest BCUT2D eigenvalue weighted by molar-refractivity contribution is 7.89. The predicted molar refractivity (Wildman–Crippen MR) is 98.9 cm³/mol. The fraction of sp³-hybridized carbons (Fsp3) is 0.278. The van der Waals surface area contributed by atoms with Gasteiger partial charge in [-0.3, -0.25) is 14.9 Å². The van der Waals surface area contributed by atoms with Gasteiger partial charge in [0, 0.05) is 38.3 Å². The molecule has 3 rings (SSSR count). The van der Waals surface area contributed by atoms with Gasteiger partial charge in [0.2, 0.25) is 10.0 Å². The lowest BCUT2D eigenvalue weighted by Gasteiger charge is -2.34. The van der Waals surface area contributed by atoms with Crippen LogP contribution in [-0.4, -0.2) is 54.6 Å². The molecule has 1 aliphatic rings. The Morgan fingerprint density at radius 2 is 1.76 bits per heavy atom. The van der Waals surface area contributed by atoms with E-state index in [0.717, 1.165) is 22.5 Å². The summed E-state index contributed by atoms with van der Waals surface area (Å²) in [6.45, 7) is 1.33. The number of rotatable bonds is 4. The number of benzene rings is 2. The molecular formula is C18H17F2N3O5S. The molecule has 0 unspecified atom stereocenters.